The SMILES string of the molecule is [Cl-].[Na+].c1ccc(-c2cccnc2-c2ccccn2)nc1. The van der Waals surface area contributed by atoms with Crippen LogP contribution >= 0.6 is 0 Å². The predicted molar refractivity (Wildman–Crippen MR) is 70.7 cm³/mol. The minimum atomic E-state index is 0. The van der Waals surface area contributed by atoms with Crippen LogP contribution in [-0.4, -0.2) is 15.0 Å². The number of hydrogen-bond acceptors (Lipinski definition) is 3. The van der Waals surface area contributed by atoms with E-state index >= 15 is 0 Å². The zero-order chi connectivity index (χ0) is 12.2. The molecule has 3 nitrogen and oxygen atoms in total. The molecular formula is C15H11ClN3Na. The Morgan fingerprint density at radius 3 is 1.80 bits per heavy atom. The molecular weight excluding hydrogens is 281 g/mol. The van der Waals surface area contributed by atoms with Crippen molar-refractivity contribution < 1.29 is 42.0 Å². The van der Waals surface area contributed by atoms with E-state index in [0.29, 0.717) is 0 Å². The summed E-state index contributed by atoms with van der Waals surface area (Å²) in [5.41, 5.74) is 3.62. The second-order valence-corrected chi connectivity index (χ2v) is 3.83. The molecule has 0 N–H and O–H groups in total. The summed E-state index contributed by atoms with van der Waals surface area (Å²) in [6.07, 6.45) is 5.33. The van der Waals surface area contributed by atoms with E-state index < -0.39 is 0 Å². The number of pyridine rings is 3. The van der Waals surface area contributed by atoms with E-state index in [1.54, 1.807) is 18.6 Å². The van der Waals surface area contributed by atoms with Crippen molar-refractivity contribution in [3.05, 3.63) is 67.1 Å². The summed E-state index contributed by atoms with van der Waals surface area (Å²) in [6.45, 7) is 0. The molecule has 0 aliphatic heterocycles. The van der Waals surface area contributed by atoms with Gasteiger partial charge in [0.05, 0.1) is 17.1 Å². The zero-order valence-electron chi connectivity index (χ0n) is 11.1. The smallest absolute Gasteiger partial charge is 1.00 e. The van der Waals surface area contributed by atoms with Crippen LogP contribution < -0.4 is 42.0 Å². The molecule has 3 heterocycles. The molecule has 0 amide bonds. The van der Waals surface area contributed by atoms with Gasteiger partial charge in [0.15, 0.2) is 0 Å². The Labute approximate surface area is 146 Å². The minimum absolute atomic E-state index is 0. The monoisotopic (exact) mass is 291 g/mol. The molecule has 0 aromatic carbocycles. The summed E-state index contributed by atoms with van der Waals surface area (Å²) < 4.78 is 0. The molecule has 20 heavy (non-hydrogen) atoms. The van der Waals surface area contributed by atoms with E-state index in [2.05, 4.69) is 15.0 Å². The molecule has 0 aliphatic carbocycles. The van der Waals surface area contributed by atoms with E-state index in [4.69, 9.17) is 0 Å². The molecule has 0 fully saturated rings. The molecule has 0 saturated heterocycles. The third kappa shape index (κ3) is 3.64. The Kier molecular flexibility index (Phi) is 6.82. The first kappa shape index (κ1) is 16.8. The molecule has 0 radical (unpaired) electrons. The Bertz CT molecular complexity index is 589. The van der Waals surface area contributed by atoms with E-state index in [1.165, 1.54) is 0 Å². The van der Waals surface area contributed by atoms with Gasteiger partial charge in [-0.3, -0.25) is 15.0 Å². The van der Waals surface area contributed by atoms with E-state index in [1.807, 2.05) is 48.5 Å². The molecule has 94 valence electrons. The number of hydrogen-bond donors (Lipinski definition) is 0. The van der Waals surface area contributed by atoms with Crippen LogP contribution in [0, 0.1) is 0 Å². The van der Waals surface area contributed by atoms with Crippen molar-refractivity contribution in [1.82, 2.24) is 15.0 Å². The van der Waals surface area contributed by atoms with Gasteiger partial charge in [-0.05, 0) is 36.4 Å². The topological polar surface area (TPSA) is 38.7 Å². The average molecular weight is 292 g/mol. The maximum atomic E-state index is 4.42. The minimum Gasteiger partial charge on any atom is -1.00 e. The first-order chi connectivity index (χ1) is 8.95. The summed E-state index contributed by atoms with van der Waals surface area (Å²) in [4.78, 5) is 13.1. The first-order valence-corrected chi connectivity index (χ1v) is 5.73. The second-order valence-electron chi connectivity index (χ2n) is 3.83. The Hall–Kier alpha value is -1.26. The molecule has 5 heteroatoms. The van der Waals surface area contributed by atoms with Gasteiger partial charge in [-0.25, -0.2) is 0 Å². The van der Waals surface area contributed by atoms with Crippen LogP contribution in [0.25, 0.3) is 22.6 Å². The molecule has 0 atom stereocenters. The fourth-order valence-electron chi connectivity index (χ4n) is 1.84. The maximum Gasteiger partial charge on any atom is 1.00 e. The molecule has 3 rings (SSSR count). The van der Waals surface area contributed by atoms with Gasteiger partial charge in [0, 0.05) is 24.2 Å². The molecule has 0 spiro atoms. The predicted octanol–water partition coefficient (Wildman–Crippen LogP) is -2.79. The van der Waals surface area contributed by atoms with Crippen molar-refractivity contribution in [2.45, 2.75) is 0 Å². The fourth-order valence-corrected chi connectivity index (χ4v) is 1.84. The normalized spacial score (nSPS) is 9.20. The number of halogens is 1. The van der Waals surface area contributed by atoms with Gasteiger partial charge < -0.3 is 12.4 Å². The molecule has 3 aromatic rings. The fraction of sp³-hybridized carbons (Fsp3) is 0. The van der Waals surface area contributed by atoms with Crippen molar-refractivity contribution in [3.63, 3.8) is 0 Å². The van der Waals surface area contributed by atoms with Gasteiger partial charge >= 0.3 is 29.6 Å². The van der Waals surface area contributed by atoms with Gasteiger partial charge in [-0.15, -0.1) is 0 Å². The van der Waals surface area contributed by atoms with Crippen molar-refractivity contribution in [3.8, 4) is 22.6 Å². The number of nitrogens with zero attached hydrogens (tertiary/aromatic N) is 3. The number of aromatic nitrogens is 3. The van der Waals surface area contributed by atoms with Crippen molar-refractivity contribution >= 4 is 0 Å². The van der Waals surface area contributed by atoms with Gasteiger partial charge in [-0.1, -0.05) is 12.1 Å². The third-order valence-corrected chi connectivity index (χ3v) is 2.66. The van der Waals surface area contributed by atoms with E-state index in [-0.39, 0.29) is 42.0 Å². The van der Waals surface area contributed by atoms with Crippen LogP contribution in [0.4, 0.5) is 0 Å². The van der Waals surface area contributed by atoms with E-state index in [9.17, 15) is 0 Å². The summed E-state index contributed by atoms with van der Waals surface area (Å²) in [5, 5.41) is 0. The second kappa shape index (κ2) is 8.12. The van der Waals surface area contributed by atoms with Crippen molar-refractivity contribution in [2.75, 3.05) is 0 Å². The van der Waals surface area contributed by atoms with Gasteiger partial charge in [0.1, 0.15) is 0 Å². The quantitative estimate of drug-likeness (QED) is 0.479. The van der Waals surface area contributed by atoms with Crippen molar-refractivity contribution in [1.29, 1.82) is 0 Å². The summed E-state index contributed by atoms with van der Waals surface area (Å²) in [6, 6.07) is 15.6. The summed E-state index contributed by atoms with van der Waals surface area (Å²) in [5.74, 6) is 0. The van der Waals surface area contributed by atoms with Crippen LogP contribution in [-0.2, 0) is 0 Å². The third-order valence-electron chi connectivity index (χ3n) is 2.66. The van der Waals surface area contributed by atoms with Gasteiger partial charge in [0.25, 0.3) is 0 Å². The number of rotatable bonds is 2. The van der Waals surface area contributed by atoms with Crippen molar-refractivity contribution in [2.24, 2.45) is 0 Å². The van der Waals surface area contributed by atoms with Crippen LogP contribution in [0.15, 0.2) is 67.1 Å². The van der Waals surface area contributed by atoms with Gasteiger partial charge in [-0.2, -0.15) is 0 Å². The maximum absolute atomic E-state index is 4.42. The Morgan fingerprint density at radius 1 is 0.600 bits per heavy atom. The standard InChI is InChI=1S/C15H11N3.ClH.Na/c1-3-9-16-13(7-1)12-6-5-11-18-15(12)14-8-2-4-10-17-14;;/h1-11H;1H;/q;;+1/p-1. The van der Waals surface area contributed by atoms with Gasteiger partial charge in [0.2, 0.25) is 0 Å². The molecule has 3 aromatic heterocycles. The van der Waals surface area contributed by atoms with Crippen LogP contribution in [0.5, 0.6) is 0 Å². The Balaban J connectivity index is 0.000001000. The summed E-state index contributed by atoms with van der Waals surface area (Å²) in [7, 11) is 0. The van der Waals surface area contributed by atoms with Crippen LogP contribution in [0.2, 0.25) is 0 Å². The van der Waals surface area contributed by atoms with E-state index in [0.717, 1.165) is 22.6 Å². The Morgan fingerprint density at radius 2 is 1.20 bits per heavy atom. The summed E-state index contributed by atoms with van der Waals surface area (Å²) >= 11 is 0. The zero-order valence-corrected chi connectivity index (χ0v) is 13.8. The largest absolute Gasteiger partial charge is 1.00 e. The molecule has 0 aliphatic rings. The average Bonchev–Trinajstić information content (AvgIpc) is 2.49. The molecule has 0 bridgehead atoms. The molecule has 0 unspecified atom stereocenters. The van der Waals surface area contributed by atoms with Crippen LogP contribution in [0.3, 0.4) is 0 Å². The first-order valence-electron chi connectivity index (χ1n) is 5.73. The van der Waals surface area contributed by atoms with Crippen LogP contribution in [0.1, 0.15) is 0 Å². The molecule has 0 saturated carbocycles.